The maximum atomic E-state index is 10.8. The highest BCUT2D eigenvalue weighted by atomic mass is 16.6. The molecule has 0 bridgehead atoms. The molecule has 0 spiro atoms. The van der Waals surface area contributed by atoms with E-state index in [9.17, 15) is 10.1 Å². The van der Waals surface area contributed by atoms with Crippen LogP contribution in [0.4, 0.5) is 5.69 Å². The molecule has 0 aliphatic rings. The molecule has 0 fully saturated rings. The first-order chi connectivity index (χ1) is 10.7. The minimum Gasteiger partial charge on any atom is -0.454 e. The van der Waals surface area contributed by atoms with Gasteiger partial charge in [0.25, 0.3) is 5.69 Å². The lowest BCUT2D eigenvalue weighted by Gasteiger charge is -2.09. The lowest BCUT2D eigenvalue weighted by Crippen LogP contribution is -1.93. The SMILES string of the molecule is N#Cc1cc([N+](=O)[O-])ccc1Oc1cccc2cccnc12. The maximum Gasteiger partial charge on any atom is 0.271 e. The number of para-hydroxylation sites is 1. The molecule has 6 heteroatoms. The fraction of sp³-hybridized carbons (Fsp3) is 0. The Morgan fingerprint density at radius 1 is 1.14 bits per heavy atom. The molecule has 0 N–H and O–H groups in total. The molecule has 2 aromatic carbocycles. The molecule has 0 radical (unpaired) electrons. The number of nitro groups is 1. The molecule has 1 aromatic heterocycles. The van der Waals surface area contributed by atoms with Crippen molar-refractivity contribution in [3.8, 4) is 17.6 Å². The van der Waals surface area contributed by atoms with Crippen LogP contribution in [-0.4, -0.2) is 9.91 Å². The number of non-ortho nitro benzene ring substituents is 1. The van der Waals surface area contributed by atoms with Gasteiger partial charge in [0.15, 0.2) is 5.75 Å². The van der Waals surface area contributed by atoms with Gasteiger partial charge >= 0.3 is 0 Å². The van der Waals surface area contributed by atoms with Gasteiger partial charge in [0, 0.05) is 23.7 Å². The topological polar surface area (TPSA) is 89.0 Å². The normalized spacial score (nSPS) is 10.1. The predicted molar refractivity (Wildman–Crippen MR) is 79.6 cm³/mol. The number of fused-ring (bicyclic) bond motifs is 1. The number of nitriles is 1. The van der Waals surface area contributed by atoms with Crippen LogP contribution in [-0.2, 0) is 0 Å². The fourth-order valence-electron chi connectivity index (χ4n) is 2.08. The van der Waals surface area contributed by atoms with Crippen molar-refractivity contribution in [2.45, 2.75) is 0 Å². The highest BCUT2D eigenvalue weighted by Gasteiger charge is 2.13. The minimum absolute atomic E-state index is 0.0992. The van der Waals surface area contributed by atoms with Gasteiger partial charge in [-0.2, -0.15) is 5.26 Å². The van der Waals surface area contributed by atoms with Gasteiger partial charge in [0.05, 0.1) is 4.92 Å². The molecular formula is C16H9N3O3. The Labute approximate surface area is 125 Å². The molecule has 0 aliphatic heterocycles. The zero-order chi connectivity index (χ0) is 15.5. The number of rotatable bonds is 3. The molecule has 0 saturated heterocycles. The monoisotopic (exact) mass is 291 g/mol. The van der Waals surface area contributed by atoms with E-state index in [1.807, 2.05) is 30.3 Å². The third-order valence-electron chi connectivity index (χ3n) is 3.11. The lowest BCUT2D eigenvalue weighted by atomic mass is 10.2. The summed E-state index contributed by atoms with van der Waals surface area (Å²) in [4.78, 5) is 14.5. The number of ether oxygens (including phenoxy) is 1. The Hall–Kier alpha value is -3.46. The largest absolute Gasteiger partial charge is 0.454 e. The van der Waals surface area contributed by atoms with Gasteiger partial charge in [0.2, 0.25) is 0 Å². The predicted octanol–water partition coefficient (Wildman–Crippen LogP) is 3.81. The number of pyridine rings is 1. The van der Waals surface area contributed by atoms with Crippen molar-refractivity contribution in [3.63, 3.8) is 0 Å². The van der Waals surface area contributed by atoms with Crippen LogP contribution < -0.4 is 4.74 Å². The van der Waals surface area contributed by atoms with Crippen LogP contribution in [0.2, 0.25) is 0 Å². The lowest BCUT2D eigenvalue weighted by molar-refractivity contribution is -0.384. The molecule has 22 heavy (non-hydrogen) atoms. The molecule has 106 valence electrons. The van der Waals surface area contributed by atoms with Crippen molar-refractivity contribution in [3.05, 3.63) is 70.4 Å². The molecule has 0 aliphatic carbocycles. The fourth-order valence-corrected chi connectivity index (χ4v) is 2.08. The summed E-state index contributed by atoms with van der Waals surface area (Å²) in [5.74, 6) is 0.745. The molecular weight excluding hydrogens is 282 g/mol. The Morgan fingerprint density at radius 2 is 1.95 bits per heavy atom. The van der Waals surface area contributed by atoms with E-state index in [1.165, 1.54) is 18.2 Å². The zero-order valence-electron chi connectivity index (χ0n) is 11.3. The second-order valence-electron chi connectivity index (χ2n) is 4.48. The van der Waals surface area contributed by atoms with E-state index >= 15 is 0 Å². The van der Waals surface area contributed by atoms with E-state index < -0.39 is 4.92 Å². The molecule has 0 atom stereocenters. The van der Waals surface area contributed by atoms with E-state index in [-0.39, 0.29) is 17.0 Å². The van der Waals surface area contributed by atoms with Crippen molar-refractivity contribution < 1.29 is 9.66 Å². The van der Waals surface area contributed by atoms with E-state index in [0.29, 0.717) is 11.3 Å². The number of benzene rings is 2. The Morgan fingerprint density at radius 3 is 2.73 bits per heavy atom. The van der Waals surface area contributed by atoms with Crippen molar-refractivity contribution in [1.29, 1.82) is 5.26 Å². The third kappa shape index (κ3) is 2.43. The number of aromatic nitrogens is 1. The van der Waals surface area contributed by atoms with Crippen LogP contribution in [0.5, 0.6) is 11.5 Å². The summed E-state index contributed by atoms with van der Waals surface area (Å²) >= 11 is 0. The molecule has 0 saturated carbocycles. The quantitative estimate of drug-likeness (QED) is 0.540. The average molecular weight is 291 g/mol. The molecule has 3 rings (SSSR count). The average Bonchev–Trinajstić information content (AvgIpc) is 2.55. The second-order valence-corrected chi connectivity index (χ2v) is 4.48. The maximum absolute atomic E-state index is 10.8. The van der Waals surface area contributed by atoms with Gasteiger partial charge in [0.1, 0.15) is 22.9 Å². The summed E-state index contributed by atoms with van der Waals surface area (Å²) in [6.45, 7) is 0. The molecule has 1 heterocycles. The summed E-state index contributed by atoms with van der Waals surface area (Å²) in [5, 5.41) is 20.8. The van der Waals surface area contributed by atoms with Crippen LogP contribution >= 0.6 is 0 Å². The van der Waals surface area contributed by atoms with Gasteiger partial charge in [-0.05, 0) is 18.2 Å². The summed E-state index contributed by atoms with van der Waals surface area (Å²) in [5.41, 5.74) is 0.606. The van der Waals surface area contributed by atoms with Crippen LogP contribution in [0, 0.1) is 21.4 Å². The van der Waals surface area contributed by atoms with E-state index in [0.717, 1.165) is 5.39 Å². The van der Waals surface area contributed by atoms with E-state index in [4.69, 9.17) is 10.00 Å². The summed E-state index contributed by atoms with van der Waals surface area (Å²) in [7, 11) is 0. The van der Waals surface area contributed by atoms with E-state index in [2.05, 4.69) is 4.98 Å². The summed E-state index contributed by atoms with van der Waals surface area (Å²) in [6, 6.07) is 15.0. The van der Waals surface area contributed by atoms with Gasteiger partial charge in [-0.1, -0.05) is 18.2 Å². The van der Waals surface area contributed by atoms with Crippen molar-refractivity contribution in [2.24, 2.45) is 0 Å². The molecule has 0 unspecified atom stereocenters. The third-order valence-corrected chi connectivity index (χ3v) is 3.11. The minimum atomic E-state index is -0.551. The molecule has 6 nitrogen and oxygen atoms in total. The van der Waals surface area contributed by atoms with Crippen molar-refractivity contribution in [1.82, 2.24) is 4.98 Å². The highest BCUT2D eigenvalue weighted by molar-refractivity contribution is 5.84. The number of hydrogen-bond acceptors (Lipinski definition) is 5. The first kappa shape index (κ1) is 13.5. The summed E-state index contributed by atoms with van der Waals surface area (Å²) in [6.07, 6.45) is 1.65. The van der Waals surface area contributed by atoms with Crippen molar-refractivity contribution in [2.75, 3.05) is 0 Å². The first-order valence-electron chi connectivity index (χ1n) is 6.39. The second kappa shape index (κ2) is 5.50. The smallest absolute Gasteiger partial charge is 0.271 e. The first-order valence-corrected chi connectivity index (χ1v) is 6.39. The Bertz CT molecular complexity index is 911. The Kier molecular flexibility index (Phi) is 3.38. The highest BCUT2D eigenvalue weighted by Crippen LogP contribution is 2.31. The summed E-state index contributed by atoms with van der Waals surface area (Å²) < 4.78 is 5.74. The van der Waals surface area contributed by atoms with Crippen LogP contribution in [0.1, 0.15) is 5.56 Å². The zero-order valence-corrected chi connectivity index (χ0v) is 11.3. The Balaban J connectivity index is 2.06. The number of nitro benzene ring substituents is 1. The molecule has 0 amide bonds. The standard InChI is InChI=1S/C16H9N3O3/c17-10-12-9-13(19(20)21)6-7-14(12)22-15-5-1-3-11-4-2-8-18-16(11)15/h1-9H. The number of hydrogen-bond donors (Lipinski definition) is 0. The van der Waals surface area contributed by atoms with E-state index in [1.54, 1.807) is 12.3 Å². The van der Waals surface area contributed by atoms with Crippen LogP contribution in [0.25, 0.3) is 10.9 Å². The van der Waals surface area contributed by atoms with Gasteiger partial charge in [-0.25, -0.2) is 0 Å². The van der Waals surface area contributed by atoms with Crippen LogP contribution in [0.3, 0.4) is 0 Å². The van der Waals surface area contributed by atoms with Gasteiger partial charge in [-0.3, -0.25) is 15.1 Å². The van der Waals surface area contributed by atoms with Crippen LogP contribution in [0.15, 0.2) is 54.7 Å². The van der Waals surface area contributed by atoms with Crippen molar-refractivity contribution >= 4 is 16.6 Å². The van der Waals surface area contributed by atoms with Gasteiger partial charge < -0.3 is 4.74 Å². The molecule has 3 aromatic rings. The number of nitrogens with zero attached hydrogens (tertiary/aromatic N) is 3. The van der Waals surface area contributed by atoms with Gasteiger partial charge in [-0.15, -0.1) is 0 Å².